The highest BCUT2D eigenvalue weighted by Gasteiger charge is 2.41. The lowest BCUT2D eigenvalue weighted by Crippen LogP contribution is -2.26. The number of H-pyrrole nitrogens is 1. The molecule has 0 aliphatic heterocycles. The summed E-state index contributed by atoms with van der Waals surface area (Å²) in [6, 6.07) is 3.36. The molecular formula is C16H13F2N5OS. The van der Waals surface area contributed by atoms with E-state index in [1.165, 1.54) is 29.8 Å². The van der Waals surface area contributed by atoms with Gasteiger partial charge in [0.05, 0.1) is 5.69 Å². The van der Waals surface area contributed by atoms with Crippen LogP contribution in [0.2, 0.25) is 0 Å². The standard InChI is InChI=1S/C16H13F2N5OS/c1-7-13(25-16(21-7)14-19-6-20-23-14)15(24)22-12-5-10(12)9-3-2-8(17)4-11(9)18/h2-4,6,10,12H,5H2,1H3,(H,22,24)(H,19,20,23)/t10-,12+/m0/s1. The zero-order valence-electron chi connectivity index (χ0n) is 13.1. The molecule has 9 heteroatoms. The van der Waals surface area contributed by atoms with Gasteiger partial charge in [0.25, 0.3) is 5.91 Å². The quantitative estimate of drug-likeness (QED) is 0.748. The van der Waals surface area contributed by atoms with E-state index in [0.29, 0.717) is 33.4 Å². The van der Waals surface area contributed by atoms with E-state index in [1.54, 1.807) is 6.92 Å². The summed E-state index contributed by atoms with van der Waals surface area (Å²) < 4.78 is 26.8. The topological polar surface area (TPSA) is 83.6 Å². The Balaban J connectivity index is 1.47. The van der Waals surface area contributed by atoms with Gasteiger partial charge >= 0.3 is 0 Å². The van der Waals surface area contributed by atoms with Gasteiger partial charge in [-0.15, -0.1) is 11.3 Å². The molecule has 4 rings (SSSR count). The van der Waals surface area contributed by atoms with E-state index in [1.807, 2.05) is 0 Å². The van der Waals surface area contributed by atoms with Crippen molar-refractivity contribution >= 4 is 17.2 Å². The lowest BCUT2D eigenvalue weighted by molar-refractivity contribution is 0.0953. The Morgan fingerprint density at radius 1 is 1.40 bits per heavy atom. The summed E-state index contributed by atoms with van der Waals surface area (Å²) in [5.41, 5.74) is 1.02. The maximum absolute atomic E-state index is 13.8. The maximum atomic E-state index is 13.8. The third-order valence-corrected chi connectivity index (χ3v) is 5.25. The van der Waals surface area contributed by atoms with Crippen LogP contribution in [0.15, 0.2) is 24.5 Å². The molecule has 2 heterocycles. The minimum Gasteiger partial charge on any atom is -0.348 e. The molecule has 0 spiro atoms. The highest BCUT2D eigenvalue weighted by atomic mass is 32.1. The van der Waals surface area contributed by atoms with E-state index < -0.39 is 11.6 Å². The largest absolute Gasteiger partial charge is 0.348 e. The van der Waals surface area contributed by atoms with Crippen LogP contribution in [0.3, 0.4) is 0 Å². The summed E-state index contributed by atoms with van der Waals surface area (Å²) in [4.78, 5) is 21.3. The second kappa shape index (κ2) is 5.99. The number of carbonyl (C=O) groups excluding carboxylic acids is 1. The van der Waals surface area contributed by atoms with Crippen molar-refractivity contribution in [2.75, 3.05) is 0 Å². The van der Waals surface area contributed by atoms with Crippen molar-refractivity contribution in [1.29, 1.82) is 0 Å². The molecule has 0 radical (unpaired) electrons. The second-order valence-corrected chi connectivity index (χ2v) is 6.85. The van der Waals surface area contributed by atoms with E-state index in [9.17, 15) is 13.6 Å². The van der Waals surface area contributed by atoms with E-state index in [4.69, 9.17) is 0 Å². The number of hydrogen-bond donors (Lipinski definition) is 2. The first-order valence-corrected chi connectivity index (χ1v) is 8.43. The zero-order chi connectivity index (χ0) is 17.6. The van der Waals surface area contributed by atoms with Gasteiger partial charge in [-0.25, -0.2) is 18.7 Å². The highest BCUT2D eigenvalue weighted by molar-refractivity contribution is 7.17. The summed E-state index contributed by atoms with van der Waals surface area (Å²) in [7, 11) is 0. The average molecular weight is 361 g/mol. The molecule has 0 unspecified atom stereocenters. The van der Waals surface area contributed by atoms with Crippen LogP contribution in [0.1, 0.15) is 33.3 Å². The van der Waals surface area contributed by atoms with Crippen molar-refractivity contribution in [3.05, 3.63) is 52.3 Å². The molecule has 1 amide bonds. The fourth-order valence-electron chi connectivity index (χ4n) is 2.75. The molecule has 1 saturated carbocycles. The van der Waals surface area contributed by atoms with Crippen LogP contribution in [0.25, 0.3) is 10.8 Å². The fraction of sp³-hybridized carbons (Fsp3) is 0.250. The number of nitrogens with zero attached hydrogens (tertiary/aromatic N) is 3. The third-order valence-electron chi connectivity index (χ3n) is 4.09. The van der Waals surface area contributed by atoms with Gasteiger partial charge in [-0.3, -0.25) is 9.89 Å². The number of aromatic amines is 1. The molecule has 2 N–H and O–H groups in total. The monoisotopic (exact) mass is 361 g/mol. The number of thiazole rings is 1. The minimum absolute atomic E-state index is 0.133. The van der Waals surface area contributed by atoms with Crippen molar-refractivity contribution in [3.8, 4) is 10.8 Å². The number of amides is 1. The number of aryl methyl sites for hydroxylation is 1. The van der Waals surface area contributed by atoms with Crippen LogP contribution in [-0.4, -0.2) is 32.1 Å². The van der Waals surface area contributed by atoms with E-state index in [-0.39, 0.29) is 17.9 Å². The normalized spacial score (nSPS) is 19.0. The van der Waals surface area contributed by atoms with Crippen molar-refractivity contribution in [3.63, 3.8) is 0 Å². The van der Waals surface area contributed by atoms with Crippen LogP contribution in [0.5, 0.6) is 0 Å². The predicted molar refractivity (Wildman–Crippen MR) is 87.2 cm³/mol. The highest BCUT2D eigenvalue weighted by Crippen LogP contribution is 2.42. The van der Waals surface area contributed by atoms with E-state index >= 15 is 0 Å². The Bertz CT molecular complexity index is 940. The average Bonchev–Trinajstić information content (AvgIpc) is 2.99. The molecule has 0 bridgehead atoms. The van der Waals surface area contributed by atoms with Gasteiger partial charge in [0.15, 0.2) is 10.8 Å². The SMILES string of the molecule is Cc1nc(-c2ncn[nH]2)sc1C(=O)N[C@@H]1C[C@H]1c1ccc(F)cc1F. The Kier molecular flexibility index (Phi) is 3.79. The van der Waals surface area contributed by atoms with Crippen LogP contribution in [0, 0.1) is 18.6 Å². The van der Waals surface area contributed by atoms with Gasteiger partial charge in [0.1, 0.15) is 22.8 Å². The Morgan fingerprint density at radius 2 is 2.24 bits per heavy atom. The Morgan fingerprint density at radius 3 is 2.96 bits per heavy atom. The van der Waals surface area contributed by atoms with Crippen LogP contribution < -0.4 is 5.32 Å². The van der Waals surface area contributed by atoms with E-state index in [0.717, 1.165) is 6.07 Å². The molecular weight excluding hydrogens is 348 g/mol. The predicted octanol–water partition coefficient (Wildman–Crippen LogP) is 2.80. The van der Waals surface area contributed by atoms with Crippen LogP contribution >= 0.6 is 11.3 Å². The molecule has 0 saturated heterocycles. The summed E-state index contributed by atoms with van der Waals surface area (Å²) in [6.45, 7) is 1.75. The van der Waals surface area contributed by atoms with E-state index in [2.05, 4.69) is 25.5 Å². The first-order valence-electron chi connectivity index (χ1n) is 7.62. The Hall–Kier alpha value is -2.68. The minimum atomic E-state index is -0.609. The summed E-state index contributed by atoms with van der Waals surface area (Å²) in [5.74, 6) is -1.07. The third kappa shape index (κ3) is 3.02. The molecule has 1 aromatic carbocycles. The molecule has 25 heavy (non-hydrogen) atoms. The second-order valence-electron chi connectivity index (χ2n) is 5.86. The van der Waals surface area contributed by atoms with Crippen molar-refractivity contribution in [2.24, 2.45) is 0 Å². The number of hydrogen-bond acceptors (Lipinski definition) is 5. The number of halogens is 2. The fourth-order valence-corrected chi connectivity index (χ4v) is 3.67. The van der Waals surface area contributed by atoms with Gasteiger partial charge in [0, 0.05) is 18.0 Å². The molecule has 2 atom stereocenters. The van der Waals surface area contributed by atoms with Gasteiger partial charge in [0.2, 0.25) is 0 Å². The summed E-state index contributed by atoms with van der Waals surface area (Å²) in [5, 5.41) is 9.94. The first kappa shape index (κ1) is 15.8. The lowest BCUT2D eigenvalue weighted by atomic mass is 10.1. The molecule has 1 fully saturated rings. The molecule has 128 valence electrons. The Labute approximate surface area is 145 Å². The van der Waals surface area contributed by atoms with Gasteiger partial charge in [-0.1, -0.05) is 6.07 Å². The number of rotatable bonds is 4. The van der Waals surface area contributed by atoms with Crippen LogP contribution in [0.4, 0.5) is 8.78 Å². The summed E-state index contributed by atoms with van der Waals surface area (Å²) >= 11 is 1.22. The first-order chi connectivity index (χ1) is 12.0. The molecule has 2 aromatic heterocycles. The van der Waals surface area contributed by atoms with Crippen molar-refractivity contribution < 1.29 is 13.6 Å². The van der Waals surface area contributed by atoms with Crippen LogP contribution in [-0.2, 0) is 0 Å². The van der Waals surface area contributed by atoms with Gasteiger partial charge < -0.3 is 5.32 Å². The molecule has 1 aliphatic rings. The smallest absolute Gasteiger partial charge is 0.263 e. The van der Waals surface area contributed by atoms with Gasteiger partial charge in [-0.05, 0) is 25.0 Å². The number of aromatic nitrogens is 4. The lowest BCUT2D eigenvalue weighted by Gasteiger charge is -2.05. The number of nitrogens with one attached hydrogen (secondary N) is 2. The van der Waals surface area contributed by atoms with Crippen molar-refractivity contribution in [1.82, 2.24) is 25.5 Å². The molecule has 6 nitrogen and oxygen atoms in total. The number of benzene rings is 1. The van der Waals surface area contributed by atoms with Gasteiger partial charge in [-0.2, -0.15) is 5.10 Å². The number of carbonyl (C=O) groups is 1. The molecule has 3 aromatic rings. The summed E-state index contributed by atoms with van der Waals surface area (Å²) in [6.07, 6.45) is 2.00. The molecule has 1 aliphatic carbocycles. The zero-order valence-corrected chi connectivity index (χ0v) is 13.9. The maximum Gasteiger partial charge on any atom is 0.263 e. The van der Waals surface area contributed by atoms with Crippen molar-refractivity contribution in [2.45, 2.75) is 25.3 Å².